The highest BCUT2D eigenvalue weighted by atomic mass is 19.3. The van der Waals surface area contributed by atoms with Crippen LogP contribution >= 0.6 is 0 Å². The van der Waals surface area contributed by atoms with Crippen molar-refractivity contribution in [3.63, 3.8) is 0 Å². The first-order valence-electron chi connectivity index (χ1n) is 8.09. The molecule has 0 aromatic heterocycles. The lowest BCUT2D eigenvalue weighted by Crippen LogP contribution is -2.31. The van der Waals surface area contributed by atoms with Gasteiger partial charge in [-0.3, -0.25) is 9.59 Å². The number of anilines is 1. The summed E-state index contributed by atoms with van der Waals surface area (Å²) in [6.45, 7) is -0.854. The van der Waals surface area contributed by atoms with Crippen LogP contribution in [0, 0.1) is 0 Å². The summed E-state index contributed by atoms with van der Waals surface area (Å²) in [5.74, 6) is -0.122. The standard InChI is InChI=1S/C19H20F2N2O3/c1-13(24)15-3-2-4-16(11-15)23-12-18(25)22-10-9-14-5-7-17(8-6-14)26-19(20)21/h2-8,11,19,23H,9-10,12H2,1H3,(H,22,25). The molecule has 0 heterocycles. The molecule has 5 nitrogen and oxygen atoms in total. The molecule has 0 fully saturated rings. The molecule has 0 aliphatic heterocycles. The molecular weight excluding hydrogens is 342 g/mol. The lowest BCUT2D eigenvalue weighted by atomic mass is 10.1. The molecule has 0 aliphatic carbocycles. The molecule has 2 aromatic carbocycles. The number of carbonyl (C=O) groups is 2. The summed E-state index contributed by atoms with van der Waals surface area (Å²) in [5.41, 5.74) is 2.17. The molecule has 26 heavy (non-hydrogen) atoms. The van der Waals surface area contributed by atoms with E-state index >= 15 is 0 Å². The van der Waals surface area contributed by atoms with Gasteiger partial charge in [0, 0.05) is 17.8 Å². The van der Waals surface area contributed by atoms with Crippen molar-refractivity contribution in [2.24, 2.45) is 0 Å². The van der Waals surface area contributed by atoms with Crippen molar-refractivity contribution in [3.05, 3.63) is 59.7 Å². The minimum atomic E-state index is -2.84. The SMILES string of the molecule is CC(=O)c1cccc(NCC(=O)NCCc2ccc(OC(F)F)cc2)c1. The lowest BCUT2D eigenvalue weighted by Gasteiger charge is -2.09. The number of hydrogen-bond acceptors (Lipinski definition) is 4. The average molecular weight is 362 g/mol. The molecule has 0 saturated heterocycles. The molecule has 0 saturated carbocycles. The molecule has 0 atom stereocenters. The zero-order valence-corrected chi connectivity index (χ0v) is 14.3. The molecule has 0 unspecified atom stereocenters. The van der Waals surface area contributed by atoms with Crippen molar-refractivity contribution in [1.82, 2.24) is 5.32 Å². The quantitative estimate of drug-likeness (QED) is 0.672. The predicted molar refractivity (Wildman–Crippen MR) is 94.7 cm³/mol. The third-order valence-corrected chi connectivity index (χ3v) is 3.61. The van der Waals surface area contributed by atoms with E-state index in [0.29, 0.717) is 24.2 Å². The Morgan fingerprint density at radius 3 is 2.50 bits per heavy atom. The van der Waals surface area contributed by atoms with Gasteiger partial charge in [0.25, 0.3) is 0 Å². The van der Waals surface area contributed by atoms with Crippen molar-refractivity contribution in [1.29, 1.82) is 0 Å². The molecule has 1 amide bonds. The van der Waals surface area contributed by atoms with Crippen LogP contribution in [0.4, 0.5) is 14.5 Å². The fourth-order valence-electron chi connectivity index (χ4n) is 2.28. The molecule has 138 valence electrons. The maximum atomic E-state index is 12.1. The second-order valence-electron chi connectivity index (χ2n) is 5.61. The number of benzene rings is 2. The number of amides is 1. The average Bonchev–Trinajstić information content (AvgIpc) is 2.61. The van der Waals surface area contributed by atoms with Crippen LogP contribution < -0.4 is 15.4 Å². The Kier molecular flexibility index (Phi) is 7.08. The Morgan fingerprint density at radius 2 is 1.85 bits per heavy atom. The van der Waals surface area contributed by atoms with Gasteiger partial charge < -0.3 is 15.4 Å². The Labute approximate surface area is 150 Å². The molecule has 2 aromatic rings. The van der Waals surface area contributed by atoms with E-state index in [2.05, 4.69) is 15.4 Å². The van der Waals surface area contributed by atoms with Gasteiger partial charge in [-0.2, -0.15) is 8.78 Å². The smallest absolute Gasteiger partial charge is 0.387 e. The van der Waals surface area contributed by atoms with Gasteiger partial charge in [-0.25, -0.2) is 0 Å². The van der Waals surface area contributed by atoms with Crippen LogP contribution in [0.1, 0.15) is 22.8 Å². The molecule has 0 radical (unpaired) electrons. The van der Waals surface area contributed by atoms with Gasteiger partial charge >= 0.3 is 6.61 Å². The summed E-state index contributed by atoms with van der Waals surface area (Å²) in [4.78, 5) is 23.2. The largest absolute Gasteiger partial charge is 0.435 e. The van der Waals surface area contributed by atoms with Gasteiger partial charge in [0.1, 0.15) is 5.75 Å². The van der Waals surface area contributed by atoms with Gasteiger partial charge in [0.2, 0.25) is 5.91 Å². The van der Waals surface area contributed by atoms with Crippen molar-refractivity contribution in [3.8, 4) is 5.75 Å². The molecular formula is C19H20F2N2O3. The Morgan fingerprint density at radius 1 is 1.12 bits per heavy atom. The number of nitrogens with one attached hydrogen (secondary N) is 2. The summed E-state index contributed by atoms with van der Waals surface area (Å²) in [7, 11) is 0. The van der Waals surface area contributed by atoms with Crippen molar-refractivity contribution >= 4 is 17.4 Å². The number of halogens is 2. The zero-order valence-electron chi connectivity index (χ0n) is 14.3. The van der Waals surface area contributed by atoms with Crippen LogP contribution in [-0.4, -0.2) is 31.4 Å². The van der Waals surface area contributed by atoms with Gasteiger partial charge in [-0.1, -0.05) is 24.3 Å². The van der Waals surface area contributed by atoms with Crippen LogP contribution in [0.15, 0.2) is 48.5 Å². The van der Waals surface area contributed by atoms with E-state index in [1.165, 1.54) is 19.1 Å². The summed E-state index contributed by atoms with van der Waals surface area (Å²) in [6.07, 6.45) is 0.570. The van der Waals surface area contributed by atoms with E-state index in [0.717, 1.165) is 5.56 Å². The third kappa shape index (κ3) is 6.51. The van der Waals surface area contributed by atoms with Gasteiger partial charge in [-0.05, 0) is 43.2 Å². The maximum Gasteiger partial charge on any atom is 0.387 e. The topological polar surface area (TPSA) is 67.4 Å². The molecule has 7 heteroatoms. The number of ether oxygens (including phenoxy) is 1. The molecule has 0 bridgehead atoms. The number of ketones is 1. The van der Waals surface area contributed by atoms with Crippen LogP contribution in [0.3, 0.4) is 0 Å². The fourth-order valence-corrected chi connectivity index (χ4v) is 2.28. The highest BCUT2D eigenvalue weighted by molar-refractivity contribution is 5.95. The van der Waals surface area contributed by atoms with E-state index in [1.807, 2.05) is 0 Å². The molecule has 0 spiro atoms. The molecule has 0 aliphatic rings. The Bertz CT molecular complexity index is 749. The predicted octanol–water partition coefficient (Wildman–Crippen LogP) is 3.26. The van der Waals surface area contributed by atoms with Crippen molar-refractivity contribution in [2.45, 2.75) is 20.0 Å². The minimum Gasteiger partial charge on any atom is -0.435 e. The summed E-state index contributed by atoms with van der Waals surface area (Å²) in [5, 5.41) is 5.73. The number of rotatable bonds is 9. The zero-order chi connectivity index (χ0) is 18.9. The van der Waals surface area contributed by atoms with E-state index in [-0.39, 0.29) is 24.0 Å². The second-order valence-corrected chi connectivity index (χ2v) is 5.61. The van der Waals surface area contributed by atoms with Crippen LogP contribution in [0.5, 0.6) is 5.75 Å². The number of alkyl halides is 2. The number of carbonyl (C=O) groups excluding carboxylic acids is 2. The van der Waals surface area contributed by atoms with Gasteiger partial charge in [0.15, 0.2) is 5.78 Å². The highest BCUT2D eigenvalue weighted by Crippen LogP contribution is 2.15. The highest BCUT2D eigenvalue weighted by Gasteiger charge is 2.05. The second kappa shape index (κ2) is 9.50. The minimum absolute atomic E-state index is 0.0388. The Balaban J connectivity index is 1.72. The van der Waals surface area contributed by atoms with E-state index < -0.39 is 6.61 Å². The number of Topliss-reactive ketones (excluding diaryl/α,β-unsaturated/α-hetero) is 1. The lowest BCUT2D eigenvalue weighted by molar-refractivity contribution is -0.119. The normalized spacial score (nSPS) is 10.5. The van der Waals surface area contributed by atoms with Crippen LogP contribution in [0.25, 0.3) is 0 Å². The maximum absolute atomic E-state index is 12.1. The summed E-state index contributed by atoms with van der Waals surface area (Å²) < 4.78 is 28.4. The first-order chi connectivity index (χ1) is 12.4. The Hall–Kier alpha value is -2.96. The van der Waals surface area contributed by atoms with Crippen LogP contribution in [0.2, 0.25) is 0 Å². The van der Waals surface area contributed by atoms with E-state index in [4.69, 9.17) is 0 Å². The fraction of sp³-hybridized carbons (Fsp3) is 0.263. The van der Waals surface area contributed by atoms with Gasteiger partial charge in [-0.15, -0.1) is 0 Å². The van der Waals surface area contributed by atoms with Gasteiger partial charge in [0.05, 0.1) is 6.54 Å². The number of hydrogen-bond donors (Lipinski definition) is 2. The first kappa shape index (κ1) is 19.4. The summed E-state index contributed by atoms with van der Waals surface area (Å²) >= 11 is 0. The van der Waals surface area contributed by atoms with E-state index in [9.17, 15) is 18.4 Å². The van der Waals surface area contributed by atoms with E-state index in [1.54, 1.807) is 36.4 Å². The molecule has 2 rings (SSSR count). The first-order valence-corrected chi connectivity index (χ1v) is 8.09. The monoisotopic (exact) mass is 362 g/mol. The van der Waals surface area contributed by atoms with Crippen molar-refractivity contribution in [2.75, 3.05) is 18.4 Å². The third-order valence-electron chi connectivity index (χ3n) is 3.61. The van der Waals surface area contributed by atoms with Crippen LogP contribution in [-0.2, 0) is 11.2 Å². The van der Waals surface area contributed by atoms with Crippen molar-refractivity contribution < 1.29 is 23.1 Å². The molecule has 2 N–H and O–H groups in total. The summed E-state index contributed by atoms with van der Waals surface area (Å²) in [6, 6.07) is 13.2.